The van der Waals surface area contributed by atoms with Crippen molar-refractivity contribution in [2.24, 2.45) is 0 Å². The lowest BCUT2D eigenvalue weighted by Gasteiger charge is -2.07. The average molecular weight is 307 g/mol. The van der Waals surface area contributed by atoms with Crippen molar-refractivity contribution in [2.75, 3.05) is 5.32 Å². The molecule has 0 aliphatic rings. The maximum atomic E-state index is 14.0. The van der Waals surface area contributed by atoms with E-state index in [1.807, 2.05) is 0 Å². The van der Waals surface area contributed by atoms with Gasteiger partial charge in [-0.05, 0) is 35.9 Å². The van der Waals surface area contributed by atoms with Crippen molar-refractivity contribution in [3.05, 3.63) is 59.8 Å². The van der Waals surface area contributed by atoms with Gasteiger partial charge < -0.3 is 9.73 Å². The largest absolute Gasteiger partial charge is 0.452 e. The first-order valence-corrected chi connectivity index (χ1v) is 6.22. The summed E-state index contributed by atoms with van der Waals surface area (Å²) in [6.45, 7) is 0. The molecule has 0 atom stereocenters. The first kappa shape index (κ1) is 13.3. The smallest absolute Gasteiger partial charge is 0.260 e. The van der Waals surface area contributed by atoms with Crippen LogP contribution >= 0.6 is 11.6 Å². The molecule has 3 aromatic rings. The number of nitrogens with one attached hydrogen (secondary N) is 1. The maximum Gasteiger partial charge on any atom is 0.260 e. The van der Waals surface area contributed by atoms with Crippen LogP contribution in [0.5, 0.6) is 0 Å². The van der Waals surface area contributed by atoms with Crippen LogP contribution in [0.3, 0.4) is 0 Å². The Balaban J connectivity index is 1.83. The van der Waals surface area contributed by atoms with Crippen molar-refractivity contribution in [1.29, 1.82) is 0 Å². The quantitative estimate of drug-likeness (QED) is 0.807. The van der Waals surface area contributed by atoms with Gasteiger partial charge in [-0.1, -0.05) is 0 Å². The van der Waals surface area contributed by atoms with E-state index in [0.717, 1.165) is 0 Å². The Morgan fingerprint density at radius 3 is 2.86 bits per heavy atom. The summed E-state index contributed by atoms with van der Waals surface area (Å²) in [4.78, 5) is 15.7. The van der Waals surface area contributed by atoms with Gasteiger partial charge in [0.25, 0.3) is 5.91 Å². The molecule has 8 heteroatoms. The third-order valence-corrected chi connectivity index (χ3v) is 3.03. The molecule has 0 fully saturated rings. The predicted molar refractivity (Wildman–Crippen MR) is 73.0 cm³/mol. The minimum absolute atomic E-state index is 0.0211. The molecule has 0 saturated carbocycles. The average Bonchev–Trinajstić information content (AvgIpc) is 3.10. The Morgan fingerprint density at radius 1 is 1.38 bits per heavy atom. The number of carbonyl (C=O) groups is 1. The van der Waals surface area contributed by atoms with E-state index >= 15 is 0 Å². The standard InChI is InChI=1S/C13H8ClFN4O2/c14-12-9(3-4-21-12)13(20)18-8-1-2-11(10(15)5-8)19-7-16-6-17-19/h1-7H,(H,18,20). The second kappa shape index (κ2) is 5.37. The Bertz CT molecular complexity index is 785. The zero-order valence-corrected chi connectivity index (χ0v) is 11.2. The third kappa shape index (κ3) is 2.63. The van der Waals surface area contributed by atoms with Gasteiger partial charge in [-0.3, -0.25) is 4.79 Å². The van der Waals surface area contributed by atoms with Crippen LogP contribution in [0.2, 0.25) is 5.22 Å². The second-order valence-corrected chi connectivity index (χ2v) is 4.41. The van der Waals surface area contributed by atoms with Crippen LogP contribution in [0.4, 0.5) is 10.1 Å². The van der Waals surface area contributed by atoms with Crippen molar-refractivity contribution < 1.29 is 13.6 Å². The number of furan rings is 1. The van der Waals surface area contributed by atoms with E-state index in [9.17, 15) is 9.18 Å². The van der Waals surface area contributed by atoms with E-state index in [4.69, 9.17) is 16.0 Å². The monoisotopic (exact) mass is 306 g/mol. The second-order valence-electron chi connectivity index (χ2n) is 4.07. The zero-order valence-electron chi connectivity index (χ0n) is 10.5. The number of hydrogen-bond acceptors (Lipinski definition) is 4. The summed E-state index contributed by atoms with van der Waals surface area (Å²) in [6.07, 6.45) is 3.98. The fourth-order valence-electron chi connectivity index (χ4n) is 1.76. The van der Waals surface area contributed by atoms with Gasteiger partial charge in [0.2, 0.25) is 5.22 Å². The first-order valence-electron chi connectivity index (χ1n) is 5.84. The summed E-state index contributed by atoms with van der Waals surface area (Å²) >= 11 is 5.70. The summed E-state index contributed by atoms with van der Waals surface area (Å²) in [5, 5.41) is 6.35. The number of aromatic nitrogens is 3. The van der Waals surface area contributed by atoms with Crippen molar-refractivity contribution >= 4 is 23.2 Å². The van der Waals surface area contributed by atoms with E-state index in [1.165, 1.54) is 41.8 Å². The highest BCUT2D eigenvalue weighted by molar-refractivity contribution is 6.32. The molecule has 2 aromatic heterocycles. The molecule has 0 spiro atoms. The maximum absolute atomic E-state index is 14.0. The number of benzene rings is 1. The molecule has 2 heterocycles. The molecule has 0 unspecified atom stereocenters. The summed E-state index contributed by atoms with van der Waals surface area (Å²) < 4.78 is 20.1. The molecular formula is C13H8ClFN4O2. The van der Waals surface area contributed by atoms with E-state index < -0.39 is 11.7 Å². The van der Waals surface area contributed by atoms with Crippen LogP contribution in [-0.2, 0) is 0 Å². The van der Waals surface area contributed by atoms with E-state index in [-0.39, 0.29) is 16.5 Å². The van der Waals surface area contributed by atoms with Crippen LogP contribution in [0, 0.1) is 5.82 Å². The molecule has 0 aliphatic carbocycles. The fraction of sp³-hybridized carbons (Fsp3) is 0. The minimum atomic E-state index is -0.545. The van der Waals surface area contributed by atoms with Crippen LogP contribution in [0.25, 0.3) is 5.69 Å². The Hall–Kier alpha value is -2.67. The predicted octanol–water partition coefficient (Wildman–Crippen LogP) is 2.91. The Labute approximate surface area is 123 Å². The van der Waals surface area contributed by atoms with Gasteiger partial charge in [-0.25, -0.2) is 14.1 Å². The SMILES string of the molecule is O=C(Nc1ccc(-n2cncn2)c(F)c1)c1ccoc1Cl. The Morgan fingerprint density at radius 2 is 2.24 bits per heavy atom. The first-order chi connectivity index (χ1) is 10.1. The van der Waals surface area contributed by atoms with Gasteiger partial charge in [-0.15, -0.1) is 0 Å². The number of nitrogens with zero attached hydrogens (tertiary/aromatic N) is 3. The molecule has 0 saturated heterocycles. The zero-order chi connectivity index (χ0) is 14.8. The van der Waals surface area contributed by atoms with Gasteiger partial charge >= 0.3 is 0 Å². The molecule has 1 aromatic carbocycles. The minimum Gasteiger partial charge on any atom is -0.452 e. The molecule has 6 nitrogen and oxygen atoms in total. The lowest BCUT2D eigenvalue weighted by Crippen LogP contribution is -2.12. The molecular weight excluding hydrogens is 299 g/mol. The molecule has 3 rings (SSSR count). The highest BCUT2D eigenvalue weighted by Gasteiger charge is 2.14. The van der Waals surface area contributed by atoms with Crippen LogP contribution in [0.15, 0.2) is 47.6 Å². The van der Waals surface area contributed by atoms with E-state index in [1.54, 1.807) is 6.07 Å². The molecule has 0 bridgehead atoms. The lowest BCUT2D eigenvalue weighted by molar-refractivity contribution is 0.102. The summed E-state index contributed by atoms with van der Waals surface area (Å²) in [6, 6.07) is 5.64. The fourth-order valence-corrected chi connectivity index (χ4v) is 1.96. The van der Waals surface area contributed by atoms with Crippen LogP contribution in [-0.4, -0.2) is 20.7 Å². The van der Waals surface area contributed by atoms with E-state index in [2.05, 4.69) is 15.4 Å². The van der Waals surface area contributed by atoms with Crippen molar-refractivity contribution in [2.45, 2.75) is 0 Å². The highest BCUT2D eigenvalue weighted by Crippen LogP contribution is 2.21. The molecule has 1 amide bonds. The Kier molecular flexibility index (Phi) is 3.41. The topological polar surface area (TPSA) is 73.0 Å². The molecule has 21 heavy (non-hydrogen) atoms. The van der Waals surface area contributed by atoms with Crippen molar-refractivity contribution in [3.63, 3.8) is 0 Å². The number of anilines is 1. The number of carbonyl (C=O) groups excluding carboxylic acids is 1. The number of rotatable bonds is 3. The summed E-state index contributed by atoms with van der Waals surface area (Å²) in [7, 11) is 0. The molecule has 106 valence electrons. The molecule has 1 N–H and O–H groups in total. The number of halogens is 2. The summed E-state index contributed by atoms with van der Waals surface area (Å²) in [5.41, 5.74) is 0.697. The van der Waals surface area contributed by atoms with Gasteiger partial charge in [0.1, 0.15) is 18.3 Å². The third-order valence-electron chi connectivity index (χ3n) is 2.73. The van der Waals surface area contributed by atoms with Gasteiger partial charge in [0.05, 0.1) is 11.8 Å². The molecule has 0 radical (unpaired) electrons. The highest BCUT2D eigenvalue weighted by atomic mass is 35.5. The number of hydrogen-bond donors (Lipinski definition) is 1. The van der Waals surface area contributed by atoms with Gasteiger partial charge in [-0.2, -0.15) is 5.10 Å². The summed E-state index contributed by atoms with van der Waals surface area (Å²) in [5.74, 6) is -1.03. The molecule has 0 aliphatic heterocycles. The lowest BCUT2D eigenvalue weighted by atomic mass is 10.2. The van der Waals surface area contributed by atoms with Crippen LogP contribution < -0.4 is 5.32 Å². The van der Waals surface area contributed by atoms with Crippen molar-refractivity contribution in [1.82, 2.24) is 14.8 Å². The van der Waals surface area contributed by atoms with Crippen LogP contribution in [0.1, 0.15) is 10.4 Å². The van der Waals surface area contributed by atoms with Gasteiger partial charge in [0, 0.05) is 5.69 Å². The van der Waals surface area contributed by atoms with Crippen molar-refractivity contribution in [3.8, 4) is 5.69 Å². The number of amides is 1. The van der Waals surface area contributed by atoms with Gasteiger partial charge in [0.15, 0.2) is 5.82 Å². The van der Waals surface area contributed by atoms with E-state index in [0.29, 0.717) is 5.69 Å². The normalized spacial score (nSPS) is 10.6.